The van der Waals surface area contributed by atoms with Gasteiger partial charge >= 0.3 is 0 Å². The zero-order valence-electron chi connectivity index (χ0n) is 17.0. The van der Waals surface area contributed by atoms with Crippen molar-refractivity contribution in [3.05, 3.63) is 39.4 Å². The van der Waals surface area contributed by atoms with E-state index in [1.54, 1.807) is 6.07 Å². The Labute approximate surface area is 186 Å². The van der Waals surface area contributed by atoms with Gasteiger partial charge in [0.1, 0.15) is 4.90 Å². The van der Waals surface area contributed by atoms with Crippen molar-refractivity contribution in [1.82, 2.24) is 9.29 Å². The van der Waals surface area contributed by atoms with E-state index < -0.39 is 10.0 Å². The number of hydrogen-bond acceptors (Lipinski definition) is 5. The molecule has 1 saturated heterocycles. The third-order valence-electron chi connectivity index (χ3n) is 5.75. The summed E-state index contributed by atoms with van der Waals surface area (Å²) in [6.45, 7) is 2.99. The second-order valence-corrected chi connectivity index (χ2v) is 11.6. The van der Waals surface area contributed by atoms with Gasteiger partial charge in [-0.05, 0) is 62.6 Å². The number of aryl methyl sites for hydroxylation is 2. The number of sulfonamides is 1. The van der Waals surface area contributed by atoms with Crippen LogP contribution in [0.15, 0.2) is 23.1 Å². The van der Waals surface area contributed by atoms with Crippen LogP contribution < -0.4 is 5.32 Å². The van der Waals surface area contributed by atoms with Crippen LogP contribution >= 0.6 is 22.9 Å². The van der Waals surface area contributed by atoms with E-state index in [0.29, 0.717) is 24.1 Å². The van der Waals surface area contributed by atoms with Crippen LogP contribution in [0.5, 0.6) is 0 Å². The average molecular weight is 468 g/mol. The molecule has 1 aromatic carbocycles. The summed E-state index contributed by atoms with van der Waals surface area (Å²) in [5.74, 6) is -0.0713. The predicted octanol–water partition coefficient (Wildman–Crippen LogP) is 4.74. The Kier molecular flexibility index (Phi) is 6.48. The standard InChI is InChI=1S/C21H26ClN3O3S2/c1-14-6-5-11-25(13-14)30(27,28)19-12-15(9-10-16(19)22)20(26)24-21-23-17-7-3-2-4-8-18(17)29-21/h9-10,12,14H,2-8,11,13H2,1H3,(H,23,24,26). The highest BCUT2D eigenvalue weighted by molar-refractivity contribution is 7.89. The quantitative estimate of drug-likeness (QED) is 0.658. The highest BCUT2D eigenvalue weighted by Crippen LogP contribution is 2.31. The normalized spacial score (nSPS) is 20.4. The van der Waals surface area contributed by atoms with Crippen molar-refractivity contribution < 1.29 is 13.2 Å². The topological polar surface area (TPSA) is 79.4 Å². The van der Waals surface area contributed by atoms with Crippen LogP contribution in [0, 0.1) is 5.92 Å². The van der Waals surface area contributed by atoms with Gasteiger partial charge in [0.2, 0.25) is 10.0 Å². The molecule has 2 heterocycles. The molecule has 6 nitrogen and oxygen atoms in total. The van der Waals surface area contributed by atoms with Gasteiger partial charge in [0.25, 0.3) is 5.91 Å². The van der Waals surface area contributed by atoms with Gasteiger partial charge in [0, 0.05) is 23.5 Å². The minimum absolute atomic E-state index is 0.0131. The number of fused-ring (bicyclic) bond motifs is 1. The van der Waals surface area contributed by atoms with Crippen molar-refractivity contribution in [3.8, 4) is 0 Å². The molecule has 4 rings (SSSR count). The van der Waals surface area contributed by atoms with E-state index in [1.165, 1.54) is 39.1 Å². The molecule has 1 N–H and O–H groups in total. The van der Waals surface area contributed by atoms with Crippen LogP contribution in [0.1, 0.15) is 60.0 Å². The summed E-state index contributed by atoms with van der Waals surface area (Å²) >= 11 is 7.75. The summed E-state index contributed by atoms with van der Waals surface area (Å²) < 4.78 is 27.8. The monoisotopic (exact) mass is 467 g/mol. The fourth-order valence-electron chi connectivity index (χ4n) is 4.10. The molecule has 0 spiro atoms. The number of rotatable bonds is 4. The molecular weight excluding hydrogens is 442 g/mol. The molecule has 1 aliphatic heterocycles. The first-order chi connectivity index (χ1) is 14.3. The van der Waals surface area contributed by atoms with E-state index in [1.807, 2.05) is 6.92 Å². The van der Waals surface area contributed by atoms with Crippen molar-refractivity contribution >= 4 is 44.0 Å². The molecule has 1 aliphatic carbocycles. The van der Waals surface area contributed by atoms with E-state index in [9.17, 15) is 13.2 Å². The van der Waals surface area contributed by atoms with Crippen LogP contribution in [0.25, 0.3) is 0 Å². The largest absolute Gasteiger partial charge is 0.298 e. The molecule has 2 aliphatic rings. The van der Waals surface area contributed by atoms with E-state index in [4.69, 9.17) is 11.6 Å². The lowest BCUT2D eigenvalue weighted by atomic mass is 10.0. The lowest BCUT2D eigenvalue weighted by molar-refractivity contribution is 0.102. The number of nitrogens with one attached hydrogen (secondary N) is 1. The molecule has 1 fully saturated rings. The second kappa shape index (κ2) is 8.94. The van der Waals surface area contributed by atoms with Gasteiger partial charge in [-0.1, -0.05) is 24.9 Å². The van der Waals surface area contributed by atoms with Gasteiger partial charge in [0.15, 0.2) is 5.13 Å². The molecule has 1 amide bonds. The number of hydrogen-bond donors (Lipinski definition) is 1. The van der Waals surface area contributed by atoms with Crippen molar-refractivity contribution in [3.63, 3.8) is 0 Å². The number of amides is 1. The zero-order chi connectivity index (χ0) is 21.3. The Morgan fingerprint density at radius 2 is 2.03 bits per heavy atom. The predicted molar refractivity (Wildman–Crippen MR) is 120 cm³/mol. The van der Waals surface area contributed by atoms with E-state index in [0.717, 1.165) is 44.2 Å². The molecule has 2 aromatic rings. The molecule has 0 bridgehead atoms. The Morgan fingerprint density at radius 1 is 1.23 bits per heavy atom. The maximum Gasteiger partial charge on any atom is 0.257 e. The number of aromatic nitrogens is 1. The van der Waals surface area contributed by atoms with E-state index in [-0.39, 0.29) is 21.4 Å². The van der Waals surface area contributed by atoms with Crippen molar-refractivity contribution in [2.75, 3.05) is 18.4 Å². The van der Waals surface area contributed by atoms with E-state index >= 15 is 0 Å². The molecule has 1 unspecified atom stereocenters. The fraction of sp³-hybridized carbons (Fsp3) is 0.524. The summed E-state index contributed by atoms with van der Waals surface area (Å²) in [7, 11) is -3.75. The van der Waals surface area contributed by atoms with Gasteiger partial charge in [-0.15, -0.1) is 11.3 Å². The van der Waals surface area contributed by atoms with Crippen molar-refractivity contribution in [2.24, 2.45) is 5.92 Å². The fourth-order valence-corrected chi connectivity index (χ4v) is 7.24. The van der Waals surface area contributed by atoms with Gasteiger partial charge in [-0.3, -0.25) is 10.1 Å². The molecule has 0 saturated carbocycles. The highest BCUT2D eigenvalue weighted by atomic mass is 35.5. The van der Waals surface area contributed by atoms with Crippen LogP contribution in [0.3, 0.4) is 0 Å². The Morgan fingerprint density at radius 3 is 2.83 bits per heavy atom. The molecule has 162 valence electrons. The number of benzene rings is 1. The van der Waals surface area contributed by atoms with Gasteiger partial charge < -0.3 is 0 Å². The maximum atomic E-state index is 13.2. The molecular formula is C21H26ClN3O3S2. The lowest BCUT2D eigenvalue weighted by Crippen LogP contribution is -2.39. The van der Waals surface area contributed by atoms with Crippen molar-refractivity contribution in [2.45, 2.75) is 56.8 Å². The number of carbonyl (C=O) groups excluding carboxylic acids is 1. The number of piperidine rings is 1. The summed E-state index contributed by atoms with van der Waals surface area (Å²) in [6.07, 6.45) is 7.27. The van der Waals surface area contributed by atoms with Crippen LogP contribution in [0.4, 0.5) is 5.13 Å². The van der Waals surface area contributed by atoms with Gasteiger partial charge in [-0.25, -0.2) is 13.4 Å². The summed E-state index contributed by atoms with van der Waals surface area (Å²) in [6, 6.07) is 4.41. The summed E-state index contributed by atoms with van der Waals surface area (Å²) in [5.41, 5.74) is 1.33. The first kappa shape index (κ1) is 21.7. The number of halogens is 1. The number of thiazole rings is 1. The second-order valence-electron chi connectivity index (χ2n) is 8.16. The molecule has 30 heavy (non-hydrogen) atoms. The maximum absolute atomic E-state index is 13.2. The lowest BCUT2D eigenvalue weighted by Gasteiger charge is -2.30. The highest BCUT2D eigenvalue weighted by Gasteiger charge is 2.31. The minimum Gasteiger partial charge on any atom is -0.298 e. The van der Waals surface area contributed by atoms with Gasteiger partial charge in [-0.2, -0.15) is 4.31 Å². The van der Waals surface area contributed by atoms with Crippen LogP contribution in [-0.4, -0.2) is 36.7 Å². The van der Waals surface area contributed by atoms with E-state index in [2.05, 4.69) is 10.3 Å². The molecule has 0 radical (unpaired) electrons. The van der Waals surface area contributed by atoms with Crippen LogP contribution in [-0.2, 0) is 22.9 Å². The Bertz CT molecular complexity index is 1030. The molecule has 9 heteroatoms. The molecule has 1 atom stereocenters. The molecule has 1 aromatic heterocycles. The number of nitrogens with zero attached hydrogens (tertiary/aromatic N) is 2. The summed E-state index contributed by atoms with van der Waals surface area (Å²) in [5, 5.41) is 3.53. The first-order valence-corrected chi connectivity index (χ1v) is 13.1. The zero-order valence-corrected chi connectivity index (χ0v) is 19.4. The minimum atomic E-state index is -3.75. The Hall–Kier alpha value is -1.48. The Balaban J connectivity index is 1.56. The third kappa shape index (κ3) is 4.56. The SMILES string of the molecule is CC1CCCN(S(=O)(=O)c2cc(C(=O)Nc3nc4c(s3)CCCCC4)ccc2Cl)C1. The number of carbonyl (C=O) groups is 1. The van der Waals surface area contributed by atoms with Crippen molar-refractivity contribution in [1.29, 1.82) is 0 Å². The van der Waals surface area contributed by atoms with Gasteiger partial charge in [0.05, 0.1) is 10.7 Å². The first-order valence-electron chi connectivity index (χ1n) is 10.4. The smallest absolute Gasteiger partial charge is 0.257 e. The van der Waals surface area contributed by atoms with Crippen LogP contribution in [0.2, 0.25) is 5.02 Å². The number of anilines is 1. The summed E-state index contributed by atoms with van der Waals surface area (Å²) in [4.78, 5) is 18.6. The average Bonchev–Trinajstić information content (AvgIpc) is 2.96. The third-order valence-corrected chi connectivity index (χ3v) is 9.17.